The number of rotatable bonds is 9. The van der Waals surface area contributed by atoms with Crippen molar-refractivity contribution in [3.8, 4) is 0 Å². The molecule has 1 aromatic heterocycles. The lowest BCUT2D eigenvalue weighted by atomic mass is 10.1. The van der Waals surface area contributed by atoms with Crippen molar-refractivity contribution in [3.63, 3.8) is 0 Å². The number of hydrogen-bond acceptors (Lipinski definition) is 5. The molecule has 0 radical (unpaired) electrons. The van der Waals surface area contributed by atoms with Crippen LogP contribution in [-0.4, -0.2) is 54.3 Å². The number of aromatic nitrogens is 1. The van der Waals surface area contributed by atoms with Gasteiger partial charge in [0.15, 0.2) is 5.96 Å². The smallest absolute Gasteiger partial charge is 0.261 e. The van der Waals surface area contributed by atoms with Crippen LogP contribution in [0.2, 0.25) is 0 Å². The van der Waals surface area contributed by atoms with Gasteiger partial charge in [0.05, 0.1) is 16.1 Å². The third-order valence-corrected chi connectivity index (χ3v) is 5.99. The Kier molecular flexibility index (Phi) is 9.70. The number of nitrogens with one attached hydrogen (secondary N) is 2. The minimum absolute atomic E-state index is 0. The van der Waals surface area contributed by atoms with Crippen LogP contribution in [-0.2, 0) is 12.8 Å². The first-order valence-corrected chi connectivity index (χ1v) is 10.8. The number of aliphatic imine (C=N–C) groups is 1. The van der Waals surface area contributed by atoms with Crippen LogP contribution in [0.5, 0.6) is 0 Å². The van der Waals surface area contributed by atoms with Crippen LogP contribution in [0.4, 0.5) is 0 Å². The summed E-state index contributed by atoms with van der Waals surface area (Å²) >= 11 is 1.75. The number of imide groups is 1. The van der Waals surface area contributed by atoms with E-state index in [4.69, 9.17) is 0 Å². The van der Waals surface area contributed by atoms with Gasteiger partial charge in [0.1, 0.15) is 0 Å². The van der Waals surface area contributed by atoms with Gasteiger partial charge in [-0.25, -0.2) is 4.98 Å². The number of unbranched alkanes of at least 4 members (excludes halogenated alkanes) is 1. The number of carbonyl (C=O) groups is 2. The quantitative estimate of drug-likeness (QED) is 0.168. The molecule has 2 N–H and O–H groups in total. The van der Waals surface area contributed by atoms with Gasteiger partial charge in [0.25, 0.3) is 11.8 Å². The van der Waals surface area contributed by atoms with E-state index < -0.39 is 0 Å². The summed E-state index contributed by atoms with van der Waals surface area (Å²) in [6, 6.07) is 6.99. The molecule has 2 amide bonds. The highest BCUT2D eigenvalue weighted by molar-refractivity contribution is 14.0. The van der Waals surface area contributed by atoms with Crippen molar-refractivity contribution in [2.75, 3.05) is 26.7 Å². The molecule has 3 rings (SSSR count). The number of amides is 2. The van der Waals surface area contributed by atoms with Gasteiger partial charge in [-0.3, -0.25) is 19.5 Å². The molecule has 162 valence electrons. The Morgan fingerprint density at radius 1 is 1.10 bits per heavy atom. The van der Waals surface area contributed by atoms with Crippen molar-refractivity contribution in [1.82, 2.24) is 20.5 Å². The lowest BCUT2D eigenvalue weighted by Crippen LogP contribution is -2.39. The number of thiazole rings is 1. The predicted octanol–water partition coefficient (Wildman–Crippen LogP) is 3.11. The van der Waals surface area contributed by atoms with Crippen molar-refractivity contribution >= 4 is 53.1 Å². The number of halogens is 1. The summed E-state index contributed by atoms with van der Waals surface area (Å²) in [6.07, 6.45) is 5.41. The van der Waals surface area contributed by atoms with Crippen LogP contribution in [0.3, 0.4) is 0 Å². The molecule has 1 aliphatic heterocycles. The summed E-state index contributed by atoms with van der Waals surface area (Å²) < 4.78 is 0. The van der Waals surface area contributed by atoms with Gasteiger partial charge in [-0.2, -0.15) is 0 Å². The minimum Gasteiger partial charge on any atom is -0.356 e. The second-order valence-electron chi connectivity index (χ2n) is 6.76. The zero-order valence-corrected chi connectivity index (χ0v) is 20.5. The van der Waals surface area contributed by atoms with Crippen molar-refractivity contribution < 1.29 is 9.59 Å². The van der Waals surface area contributed by atoms with Crippen molar-refractivity contribution in [2.45, 2.75) is 32.6 Å². The predicted molar refractivity (Wildman–Crippen MR) is 131 cm³/mol. The summed E-state index contributed by atoms with van der Waals surface area (Å²) in [5.41, 5.74) is 1.01. The van der Waals surface area contributed by atoms with E-state index in [0.29, 0.717) is 17.7 Å². The van der Waals surface area contributed by atoms with E-state index in [1.165, 1.54) is 9.78 Å². The molecule has 0 saturated heterocycles. The fourth-order valence-electron chi connectivity index (χ4n) is 3.18. The Balaban J connectivity index is 0.00000320. The molecule has 2 heterocycles. The van der Waals surface area contributed by atoms with Crippen molar-refractivity contribution in [3.05, 3.63) is 51.5 Å². The first-order valence-electron chi connectivity index (χ1n) is 9.97. The molecule has 0 saturated carbocycles. The first kappa shape index (κ1) is 24.3. The zero-order valence-electron chi connectivity index (χ0n) is 17.3. The van der Waals surface area contributed by atoms with E-state index in [0.717, 1.165) is 49.7 Å². The summed E-state index contributed by atoms with van der Waals surface area (Å²) in [5.74, 6) is 0.368. The van der Waals surface area contributed by atoms with Crippen LogP contribution in [0.1, 0.15) is 50.4 Å². The van der Waals surface area contributed by atoms with E-state index in [-0.39, 0.29) is 35.8 Å². The normalized spacial score (nSPS) is 13.3. The highest BCUT2D eigenvalue weighted by atomic mass is 127. The molecule has 7 nitrogen and oxygen atoms in total. The van der Waals surface area contributed by atoms with Crippen LogP contribution in [0.15, 0.2) is 35.5 Å². The number of fused-ring (bicyclic) bond motifs is 1. The molecule has 9 heteroatoms. The first-order chi connectivity index (χ1) is 14.1. The Morgan fingerprint density at radius 3 is 2.37 bits per heavy atom. The molecule has 0 atom stereocenters. The average Bonchev–Trinajstić information content (AvgIpc) is 3.30. The standard InChI is InChI=1S/C21H27N5O2S.HI/c1-3-15-14-25-18(29-15)10-12-24-21(22-2)23-11-6-7-13-26-19(27)16-8-4-5-9-17(16)20(26)28;/h4-5,8-9,14H,3,6-7,10-13H2,1-2H3,(H2,22,23,24);1H. The molecular formula is C21H28IN5O2S. The lowest BCUT2D eigenvalue weighted by Gasteiger charge is -2.14. The van der Waals surface area contributed by atoms with Crippen molar-refractivity contribution in [1.29, 1.82) is 0 Å². The highest BCUT2D eigenvalue weighted by Gasteiger charge is 2.34. The fourth-order valence-corrected chi connectivity index (χ4v) is 4.04. The van der Waals surface area contributed by atoms with E-state index in [2.05, 4.69) is 27.5 Å². The molecule has 0 fully saturated rings. The van der Waals surface area contributed by atoms with Gasteiger partial charge in [0, 0.05) is 44.2 Å². The molecule has 0 unspecified atom stereocenters. The average molecular weight is 541 g/mol. The molecule has 2 aromatic rings. The lowest BCUT2D eigenvalue weighted by molar-refractivity contribution is 0.0652. The molecule has 0 spiro atoms. The van der Waals surface area contributed by atoms with E-state index in [9.17, 15) is 9.59 Å². The van der Waals surface area contributed by atoms with E-state index >= 15 is 0 Å². The maximum Gasteiger partial charge on any atom is 0.261 e. The maximum atomic E-state index is 12.3. The topological polar surface area (TPSA) is 86.7 Å². The number of aryl methyl sites for hydroxylation is 1. The molecule has 30 heavy (non-hydrogen) atoms. The number of guanidine groups is 1. The maximum absolute atomic E-state index is 12.3. The van der Waals surface area contributed by atoms with E-state index in [1.54, 1.807) is 42.6 Å². The minimum atomic E-state index is -0.190. The molecular weight excluding hydrogens is 513 g/mol. The third kappa shape index (κ3) is 6.00. The number of hydrogen-bond donors (Lipinski definition) is 2. The summed E-state index contributed by atoms with van der Waals surface area (Å²) in [6.45, 7) is 4.06. The van der Waals surface area contributed by atoms with Gasteiger partial charge < -0.3 is 10.6 Å². The molecule has 0 aliphatic carbocycles. The number of benzene rings is 1. The fraction of sp³-hybridized carbons (Fsp3) is 0.429. The largest absolute Gasteiger partial charge is 0.356 e. The van der Waals surface area contributed by atoms with Gasteiger partial charge >= 0.3 is 0 Å². The number of nitrogens with zero attached hydrogens (tertiary/aromatic N) is 3. The number of carbonyl (C=O) groups excluding carboxylic acids is 2. The van der Waals surface area contributed by atoms with Gasteiger partial charge in [-0.15, -0.1) is 35.3 Å². The second-order valence-corrected chi connectivity index (χ2v) is 7.96. The summed E-state index contributed by atoms with van der Waals surface area (Å²) in [4.78, 5) is 36.0. The third-order valence-electron chi connectivity index (χ3n) is 4.78. The monoisotopic (exact) mass is 541 g/mol. The molecule has 1 aromatic carbocycles. The summed E-state index contributed by atoms with van der Waals surface area (Å²) in [7, 11) is 1.74. The Labute approximate surface area is 198 Å². The highest BCUT2D eigenvalue weighted by Crippen LogP contribution is 2.22. The van der Waals surface area contributed by atoms with Crippen LogP contribution < -0.4 is 10.6 Å². The Bertz CT molecular complexity index is 864. The van der Waals surface area contributed by atoms with Gasteiger partial charge in [0.2, 0.25) is 0 Å². The van der Waals surface area contributed by atoms with Crippen molar-refractivity contribution in [2.24, 2.45) is 4.99 Å². The summed E-state index contributed by atoms with van der Waals surface area (Å²) in [5, 5.41) is 7.69. The van der Waals surface area contributed by atoms with E-state index in [1.807, 2.05) is 6.20 Å². The zero-order chi connectivity index (χ0) is 20.6. The Hall–Kier alpha value is -2.01. The van der Waals surface area contributed by atoms with Crippen LogP contribution >= 0.6 is 35.3 Å². The Morgan fingerprint density at radius 2 is 1.77 bits per heavy atom. The van der Waals surface area contributed by atoms with Crippen LogP contribution in [0, 0.1) is 0 Å². The molecule has 1 aliphatic rings. The SMILES string of the molecule is CCc1cnc(CCNC(=NC)NCCCCN2C(=O)c3ccccc3C2=O)s1.I. The van der Waals surface area contributed by atoms with Gasteiger partial charge in [-0.05, 0) is 31.4 Å². The van der Waals surface area contributed by atoms with Gasteiger partial charge in [-0.1, -0.05) is 19.1 Å². The second kappa shape index (κ2) is 12.0. The van der Waals surface area contributed by atoms with Crippen LogP contribution in [0.25, 0.3) is 0 Å². The molecule has 0 bridgehead atoms.